The van der Waals surface area contributed by atoms with Gasteiger partial charge in [0, 0.05) is 43.6 Å². The predicted molar refractivity (Wildman–Crippen MR) is 168 cm³/mol. The second-order valence-electron chi connectivity index (χ2n) is 10.7. The molecular formula is C36H32N2O4. The molecule has 0 saturated heterocycles. The summed E-state index contributed by atoms with van der Waals surface area (Å²) in [6.07, 6.45) is -1.37. The highest BCUT2D eigenvalue weighted by atomic mass is 16.5. The Morgan fingerprint density at radius 1 is 0.429 bits per heavy atom. The quantitative estimate of drug-likeness (QED) is 0.195. The molecule has 2 aromatic heterocycles. The van der Waals surface area contributed by atoms with E-state index in [1.807, 2.05) is 72.8 Å². The number of para-hydroxylation sites is 4. The first-order chi connectivity index (χ1) is 20.7. The van der Waals surface area contributed by atoms with Gasteiger partial charge < -0.3 is 28.8 Å². The van der Waals surface area contributed by atoms with E-state index in [0.717, 1.165) is 22.1 Å². The molecule has 0 bridgehead atoms. The highest BCUT2D eigenvalue weighted by Gasteiger charge is 2.15. The smallest absolute Gasteiger partial charge is 0.119 e. The molecule has 7 rings (SSSR count). The fourth-order valence-electron chi connectivity index (χ4n) is 5.94. The Balaban J connectivity index is 0.957. The lowest BCUT2D eigenvalue weighted by atomic mass is 10.2. The van der Waals surface area contributed by atoms with Gasteiger partial charge in [-0.3, -0.25) is 0 Å². The summed E-state index contributed by atoms with van der Waals surface area (Å²) in [6, 6.07) is 40.3. The molecule has 0 spiro atoms. The van der Waals surface area contributed by atoms with Crippen LogP contribution in [0.4, 0.5) is 0 Å². The molecule has 0 radical (unpaired) electrons. The maximum Gasteiger partial charge on any atom is 0.119 e. The highest BCUT2D eigenvalue weighted by molar-refractivity contribution is 6.08. The van der Waals surface area contributed by atoms with Gasteiger partial charge in [0.15, 0.2) is 0 Å². The Hall–Kier alpha value is -4.78. The third-order valence-electron chi connectivity index (χ3n) is 7.85. The summed E-state index contributed by atoms with van der Waals surface area (Å²) in [4.78, 5) is 0. The van der Waals surface area contributed by atoms with Crippen LogP contribution in [0.3, 0.4) is 0 Å². The minimum Gasteiger partial charge on any atom is -0.491 e. The maximum absolute atomic E-state index is 10.8. The van der Waals surface area contributed by atoms with Gasteiger partial charge in [-0.05, 0) is 48.5 Å². The standard InChI is InChI=1S/C36H32N2O4/c39-25(21-37-33-13-5-1-9-29(33)30-10-2-6-14-34(30)37)23-41-27-17-19-28(20-18-27)42-24-26(40)22-38-35-15-7-3-11-31(35)32-12-4-8-16-36(32)38/h1-20,25-26,39-40H,21-24H2. The number of hydrogen-bond acceptors (Lipinski definition) is 4. The minimum absolute atomic E-state index is 0.165. The summed E-state index contributed by atoms with van der Waals surface area (Å²) in [5.41, 5.74) is 4.39. The lowest BCUT2D eigenvalue weighted by Crippen LogP contribution is -2.24. The average Bonchev–Trinajstić information content (AvgIpc) is 3.52. The van der Waals surface area contributed by atoms with Crippen LogP contribution in [0.5, 0.6) is 11.5 Å². The monoisotopic (exact) mass is 556 g/mol. The molecule has 2 unspecified atom stereocenters. The largest absolute Gasteiger partial charge is 0.491 e. The van der Waals surface area contributed by atoms with E-state index in [2.05, 4.69) is 57.7 Å². The summed E-state index contributed by atoms with van der Waals surface area (Å²) in [7, 11) is 0. The molecule has 0 amide bonds. The molecule has 2 N–H and O–H groups in total. The second-order valence-corrected chi connectivity index (χ2v) is 10.7. The molecule has 6 heteroatoms. The van der Waals surface area contributed by atoms with Crippen LogP contribution in [0.25, 0.3) is 43.6 Å². The molecule has 0 aliphatic carbocycles. The maximum atomic E-state index is 10.8. The number of benzene rings is 5. The van der Waals surface area contributed by atoms with Crippen molar-refractivity contribution < 1.29 is 19.7 Å². The number of ether oxygens (including phenoxy) is 2. The van der Waals surface area contributed by atoms with Crippen molar-refractivity contribution in [3.8, 4) is 11.5 Å². The SMILES string of the molecule is OC(COc1ccc(OCC(O)Cn2c3ccccc3c3ccccc32)cc1)Cn1c2ccccc2c2ccccc21. The zero-order valence-electron chi connectivity index (χ0n) is 23.1. The number of hydrogen-bond donors (Lipinski definition) is 2. The molecular weight excluding hydrogens is 524 g/mol. The van der Waals surface area contributed by atoms with Gasteiger partial charge in [-0.15, -0.1) is 0 Å². The summed E-state index contributed by atoms with van der Waals surface area (Å²) < 4.78 is 16.1. The number of aliphatic hydroxyl groups is 2. The van der Waals surface area contributed by atoms with Crippen molar-refractivity contribution in [2.75, 3.05) is 13.2 Å². The van der Waals surface area contributed by atoms with E-state index in [-0.39, 0.29) is 13.2 Å². The highest BCUT2D eigenvalue weighted by Crippen LogP contribution is 2.30. The number of nitrogens with zero attached hydrogens (tertiary/aromatic N) is 2. The Morgan fingerprint density at radius 3 is 1.02 bits per heavy atom. The molecule has 6 nitrogen and oxygen atoms in total. The van der Waals surface area contributed by atoms with Crippen molar-refractivity contribution in [2.24, 2.45) is 0 Å². The molecule has 2 heterocycles. The molecule has 2 atom stereocenters. The van der Waals surface area contributed by atoms with Crippen molar-refractivity contribution in [3.63, 3.8) is 0 Å². The van der Waals surface area contributed by atoms with Crippen molar-refractivity contribution in [2.45, 2.75) is 25.3 Å². The first-order valence-corrected chi connectivity index (χ1v) is 14.3. The van der Waals surface area contributed by atoms with E-state index in [1.54, 1.807) is 0 Å². The Kier molecular flexibility index (Phi) is 7.00. The third kappa shape index (κ3) is 4.96. The molecule has 0 aliphatic heterocycles. The number of aliphatic hydroxyl groups excluding tert-OH is 2. The van der Waals surface area contributed by atoms with Crippen molar-refractivity contribution in [1.29, 1.82) is 0 Å². The first kappa shape index (κ1) is 26.1. The molecule has 0 saturated carbocycles. The summed E-state index contributed by atoms with van der Waals surface area (Å²) >= 11 is 0. The Labute approximate surface area is 243 Å². The van der Waals surface area contributed by atoms with E-state index < -0.39 is 12.2 Å². The van der Waals surface area contributed by atoms with Gasteiger partial charge >= 0.3 is 0 Å². The van der Waals surface area contributed by atoms with Crippen LogP contribution in [0.15, 0.2) is 121 Å². The zero-order valence-corrected chi connectivity index (χ0v) is 23.1. The fourth-order valence-corrected chi connectivity index (χ4v) is 5.94. The van der Waals surface area contributed by atoms with Crippen LogP contribution >= 0.6 is 0 Å². The normalized spacial score (nSPS) is 13.2. The Morgan fingerprint density at radius 2 is 0.714 bits per heavy atom. The van der Waals surface area contributed by atoms with E-state index >= 15 is 0 Å². The van der Waals surface area contributed by atoms with Crippen LogP contribution in [0, 0.1) is 0 Å². The van der Waals surface area contributed by atoms with Crippen LogP contribution in [-0.4, -0.2) is 44.8 Å². The van der Waals surface area contributed by atoms with Crippen LogP contribution in [0.1, 0.15) is 0 Å². The average molecular weight is 557 g/mol. The number of rotatable bonds is 10. The molecule has 42 heavy (non-hydrogen) atoms. The third-order valence-corrected chi connectivity index (χ3v) is 7.85. The second kappa shape index (κ2) is 11.2. The van der Waals surface area contributed by atoms with Crippen LogP contribution in [0.2, 0.25) is 0 Å². The van der Waals surface area contributed by atoms with E-state index in [4.69, 9.17) is 9.47 Å². The first-order valence-electron chi connectivity index (χ1n) is 14.3. The molecule has 0 aliphatic rings. The zero-order chi connectivity index (χ0) is 28.5. The van der Waals surface area contributed by atoms with E-state index in [0.29, 0.717) is 24.6 Å². The summed E-state index contributed by atoms with van der Waals surface area (Å²) in [5.74, 6) is 1.30. The lowest BCUT2D eigenvalue weighted by molar-refractivity contribution is 0.0926. The van der Waals surface area contributed by atoms with Crippen molar-refractivity contribution >= 4 is 43.6 Å². The lowest BCUT2D eigenvalue weighted by Gasteiger charge is -2.16. The van der Waals surface area contributed by atoms with Crippen LogP contribution in [-0.2, 0) is 13.1 Å². The Bertz CT molecular complexity index is 1740. The topological polar surface area (TPSA) is 68.8 Å². The van der Waals surface area contributed by atoms with Crippen molar-refractivity contribution in [3.05, 3.63) is 121 Å². The van der Waals surface area contributed by atoms with Gasteiger partial charge in [0.25, 0.3) is 0 Å². The van der Waals surface area contributed by atoms with E-state index in [1.165, 1.54) is 21.5 Å². The molecule has 7 aromatic rings. The van der Waals surface area contributed by atoms with Gasteiger partial charge in [-0.1, -0.05) is 72.8 Å². The summed E-state index contributed by atoms with van der Waals surface area (Å²) in [5, 5.41) is 26.4. The van der Waals surface area contributed by atoms with Gasteiger partial charge in [-0.25, -0.2) is 0 Å². The van der Waals surface area contributed by atoms with Crippen molar-refractivity contribution in [1.82, 2.24) is 9.13 Å². The van der Waals surface area contributed by atoms with E-state index in [9.17, 15) is 10.2 Å². The number of aromatic nitrogens is 2. The molecule has 210 valence electrons. The van der Waals surface area contributed by atoms with Gasteiger partial charge in [0.1, 0.15) is 36.9 Å². The summed E-state index contributed by atoms with van der Waals surface area (Å²) in [6.45, 7) is 1.19. The molecule has 5 aromatic carbocycles. The fraction of sp³-hybridized carbons (Fsp3) is 0.167. The van der Waals surface area contributed by atoms with Gasteiger partial charge in [0.05, 0.1) is 13.1 Å². The molecule has 0 fully saturated rings. The minimum atomic E-state index is -0.684. The predicted octanol–water partition coefficient (Wildman–Crippen LogP) is 6.78. The van der Waals surface area contributed by atoms with Crippen LogP contribution < -0.4 is 9.47 Å². The van der Waals surface area contributed by atoms with Gasteiger partial charge in [0.2, 0.25) is 0 Å². The number of fused-ring (bicyclic) bond motifs is 6. The van der Waals surface area contributed by atoms with Gasteiger partial charge in [-0.2, -0.15) is 0 Å².